The molecule has 2 unspecified atom stereocenters. The molecule has 2 aromatic heterocycles. The zero-order chi connectivity index (χ0) is 17.8. The van der Waals surface area contributed by atoms with Crippen LogP contribution in [0.4, 0.5) is 0 Å². The summed E-state index contributed by atoms with van der Waals surface area (Å²) in [5, 5.41) is 6.37. The minimum absolute atomic E-state index is 0.0324. The minimum atomic E-state index is -0.281. The van der Waals surface area contributed by atoms with Crippen LogP contribution < -0.4 is 16.2 Å². The molecule has 7 heteroatoms. The predicted octanol–water partition coefficient (Wildman–Crippen LogP) is 0.940. The van der Waals surface area contributed by atoms with E-state index in [1.807, 2.05) is 6.07 Å². The third-order valence-electron chi connectivity index (χ3n) is 4.60. The van der Waals surface area contributed by atoms with Gasteiger partial charge >= 0.3 is 0 Å². The van der Waals surface area contributed by atoms with Crippen molar-refractivity contribution in [3.8, 4) is 11.4 Å². The molecule has 2 aromatic rings. The third kappa shape index (κ3) is 4.11. The Labute approximate surface area is 146 Å². The van der Waals surface area contributed by atoms with Crippen molar-refractivity contribution in [2.24, 2.45) is 0 Å². The lowest BCUT2D eigenvalue weighted by Gasteiger charge is -2.30. The van der Waals surface area contributed by atoms with Gasteiger partial charge < -0.3 is 15.6 Å². The fraction of sp³-hybridized carbons (Fsp3) is 0.444. The summed E-state index contributed by atoms with van der Waals surface area (Å²) in [6, 6.07) is 3.95. The van der Waals surface area contributed by atoms with Gasteiger partial charge in [-0.3, -0.25) is 14.6 Å². The maximum atomic E-state index is 12.4. The SMILES string of the molecule is Cc1nc(-c2cccnc2)[nH]c(=O)c1CC(=O)NC1CCCNC1C. The number of carbonyl (C=O) groups is 1. The number of aromatic nitrogens is 3. The van der Waals surface area contributed by atoms with Crippen molar-refractivity contribution in [2.45, 2.75) is 45.2 Å². The highest BCUT2D eigenvalue weighted by molar-refractivity contribution is 5.79. The summed E-state index contributed by atoms with van der Waals surface area (Å²) < 4.78 is 0. The second-order valence-corrected chi connectivity index (χ2v) is 6.46. The van der Waals surface area contributed by atoms with Crippen molar-refractivity contribution < 1.29 is 4.79 Å². The second kappa shape index (κ2) is 7.57. The molecule has 0 bridgehead atoms. The van der Waals surface area contributed by atoms with Gasteiger partial charge in [-0.15, -0.1) is 0 Å². The molecular weight excluding hydrogens is 318 g/mol. The van der Waals surface area contributed by atoms with E-state index in [2.05, 4.69) is 32.5 Å². The average Bonchev–Trinajstić information content (AvgIpc) is 2.61. The van der Waals surface area contributed by atoms with Crippen LogP contribution in [0.15, 0.2) is 29.3 Å². The molecule has 1 saturated heterocycles. The Hall–Kier alpha value is -2.54. The van der Waals surface area contributed by atoms with E-state index in [1.165, 1.54) is 0 Å². The molecule has 3 N–H and O–H groups in total. The predicted molar refractivity (Wildman–Crippen MR) is 95.2 cm³/mol. The number of H-pyrrole nitrogens is 1. The number of nitrogens with zero attached hydrogens (tertiary/aromatic N) is 2. The summed E-state index contributed by atoms with van der Waals surface area (Å²) >= 11 is 0. The van der Waals surface area contributed by atoms with Gasteiger partial charge in [-0.2, -0.15) is 0 Å². The molecule has 0 saturated carbocycles. The monoisotopic (exact) mass is 341 g/mol. The molecular formula is C18H23N5O2. The van der Waals surface area contributed by atoms with E-state index < -0.39 is 0 Å². The molecule has 1 aliphatic heterocycles. The Kier molecular flexibility index (Phi) is 5.23. The summed E-state index contributed by atoms with van der Waals surface area (Å²) in [5.41, 5.74) is 1.42. The lowest BCUT2D eigenvalue weighted by atomic mass is 9.99. The van der Waals surface area contributed by atoms with Gasteiger partial charge in [0.05, 0.1) is 6.42 Å². The molecule has 0 aliphatic carbocycles. The summed E-state index contributed by atoms with van der Waals surface area (Å²) in [6.45, 7) is 4.79. The number of aromatic amines is 1. The summed E-state index contributed by atoms with van der Waals surface area (Å²) in [5.74, 6) is 0.315. The average molecular weight is 341 g/mol. The topological polar surface area (TPSA) is 99.8 Å². The van der Waals surface area contributed by atoms with Crippen LogP contribution in [-0.2, 0) is 11.2 Å². The largest absolute Gasteiger partial charge is 0.352 e. The van der Waals surface area contributed by atoms with Crippen molar-refractivity contribution in [2.75, 3.05) is 6.54 Å². The van der Waals surface area contributed by atoms with Crippen LogP contribution in [-0.4, -0.2) is 39.5 Å². The smallest absolute Gasteiger partial charge is 0.255 e. The number of nitrogens with one attached hydrogen (secondary N) is 3. The molecule has 0 radical (unpaired) electrons. The van der Waals surface area contributed by atoms with Gasteiger partial charge in [-0.05, 0) is 45.4 Å². The molecule has 2 atom stereocenters. The molecule has 25 heavy (non-hydrogen) atoms. The van der Waals surface area contributed by atoms with Gasteiger partial charge in [0.1, 0.15) is 5.82 Å². The van der Waals surface area contributed by atoms with Crippen LogP contribution in [0.2, 0.25) is 0 Å². The van der Waals surface area contributed by atoms with Gasteiger partial charge in [0.15, 0.2) is 0 Å². The number of hydrogen-bond acceptors (Lipinski definition) is 5. The summed E-state index contributed by atoms with van der Waals surface area (Å²) in [6.07, 6.45) is 5.32. The Bertz CT molecular complexity index is 803. The zero-order valence-corrected chi connectivity index (χ0v) is 14.5. The Morgan fingerprint density at radius 1 is 1.44 bits per heavy atom. The van der Waals surface area contributed by atoms with E-state index in [0.29, 0.717) is 17.1 Å². The van der Waals surface area contributed by atoms with Gasteiger partial charge in [0.25, 0.3) is 5.56 Å². The van der Waals surface area contributed by atoms with E-state index in [4.69, 9.17) is 0 Å². The van der Waals surface area contributed by atoms with Crippen LogP contribution >= 0.6 is 0 Å². The zero-order valence-electron chi connectivity index (χ0n) is 14.5. The number of aryl methyl sites for hydroxylation is 1. The summed E-state index contributed by atoms with van der Waals surface area (Å²) in [7, 11) is 0. The second-order valence-electron chi connectivity index (χ2n) is 6.46. The quantitative estimate of drug-likeness (QED) is 0.768. The molecule has 3 heterocycles. The molecule has 1 amide bonds. The molecule has 0 aromatic carbocycles. The minimum Gasteiger partial charge on any atom is -0.352 e. The van der Waals surface area contributed by atoms with Crippen molar-refractivity contribution in [3.05, 3.63) is 46.1 Å². The Balaban J connectivity index is 1.74. The number of carbonyl (C=O) groups excluding carboxylic acids is 1. The van der Waals surface area contributed by atoms with E-state index in [9.17, 15) is 9.59 Å². The molecule has 7 nitrogen and oxygen atoms in total. The first-order chi connectivity index (χ1) is 12.0. The van der Waals surface area contributed by atoms with E-state index in [0.717, 1.165) is 24.9 Å². The van der Waals surface area contributed by atoms with E-state index >= 15 is 0 Å². The van der Waals surface area contributed by atoms with Gasteiger partial charge in [-0.1, -0.05) is 0 Å². The number of pyridine rings is 1. The molecule has 0 spiro atoms. The van der Waals surface area contributed by atoms with E-state index in [1.54, 1.807) is 25.4 Å². The highest BCUT2D eigenvalue weighted by atomic mass is 16.2. The third-order valence-corrected chi connectivity index (χ3v) is 4.60. The number of hydrogen-bond donors (Lipinski definition) is 3. The first-order valence-corrected chi connectivity index (χ1v) is 8.57. The lowest BCUT2D eigenvalue weighted by Crippen LogP contribution is -2.52. The van der Waals surface area contributed by atoms with E-state index in [-0.39, 0.29) is 30.0 Å². The molecule has 3 rings (SSSR count). The number of rotatable bonds is 4. The highest BCUT2D eigenvalue weighted by Gasteiger charge is 2.23. The van der Waals surface area contributed by atoms with Crippen LogP contribution in [0.1, 0.15) is 31.0 Å². The maximum absolute atomic E-state index is 12.4. The fourth-order valence-corrected chi connectivity index (χ4v) is 3.12. The van der Waals surface area contributed by atoms with Crippen molar-refractivity contribution in [1.29, 1.82) is 0 Å². The van der Waals surface area contributed by atoms with Crippen LogP contribution in [0.3, 0.4) is 0 Å². The first-order valence-electron chi connectivity index (χ1n) is 8.57. The number of piperidine rings is 1. The fourth-order valence-electron chi connectivity index (χ4n) is 3.12. The van der Waals surface area contributed by atoms with Crippen LogP contribution in [0.5, 0.6) is 0 Å². The molecule has 1 aliphatic rings. The van der Waals surface area contributed by atoms with Crippen LogP contribution in [0, 0.1) is 6.92 Å². The highest BCUT2D eigenvalue weighted by Crippen LogP contribution is 2.13. The van der Waals surface area contributed by atoms with Gasteiger partial charge in [-0.25, -0.2) is 4.98 Å². The van der Waals surface area contributed by atoms with Gasteiger partial charge in [0, 0.05) is 41.3 Å². The standard InChI is InChI=1S/C18H23N5O2/c1-11-14(9-16(24)22-15-6-4-8-20-12(15)2)18(25)23-17(21-11)13-5-3-7-19-10-13/h3,5,7,10,12,15,20H,4,6,8-9H2,1-2H3,(H,22,24)(H,21,23,25). The van der Waals surface area contributed by atoms with Gasteiger partial charge in [0.2, 0.25) is 5.91 Å². The Morgan fingerprint density at radius 2 is 2.28 bits per heavy atom. The number of amides is 1. The maximum Gasteiger partial charge on any atom is 0.255 e. The van der Waals surface area contributed by atoms with Crippen molar-refractivity contribution >= 4 is 5.91 Å². The Morgan fingerprint density at radius 3 is 2.96 bits per heavy atom. The lowest BCUT2D eigenvalue weighted by molar-refractivity contribution is -0.121. The normalized spacial score (nSPS) is 20.2. The molecule has 132 valence electrons. The summed E-state index contributed by atoms with van der Waals surface area (Å²) in [4.78, 5) is 36.0. The van der Waals surface area contributed by atoms with Crippen molar-refractivity contribution in [3.63, 3.8) is 0 Å². The van der Waals surface area contributed by atoms with Crippen LogP contribution in [0.25, 0.3) is 11.4 Å². The molecule has 1 fully saturated rings. The van der Waals surface area contributed by atoms with Crippen molar-refractivity contribution in [1.82, 2.24) is 25.6 Å². The first kappa shape index (κ1) is 17.3.